The summed E-state index contributed by atoms with van der Waals surface area (Å²) in [4.78, 5) is 14.1. The molecule has 0 saturated carbocycles. The molecule has 1 N–H and O–H groups in total. The molecule has 0 saturated heterocycles. The fraction of sp³-hybridized carbons (Fsp3) is 0.250. The lowest BCUT2D eigenvalue weighted by atomic mass is 9.99. The molecule has 0 bridgehead atoms. The van der Waals surface area contributed by atoms with Crippen molar-refractivity contribution in [3.8, 4) is 28.4 Å². The number of benzene rings is 3. The van der Waals surface area contributed by atoms with E-state index in [2.05, 4.69) is 17.0 Å². The Bertz CT molecular complexity index is 1220. The van der Waals surface area contributed by atoms with E-state index >= 15 is 0 Å². The largest absolute Gasteiger partial charge is 0.497 e. The molecule has 0 unspecified atom stereocenters. The van der Waals surface area contributed by atoms with Gasteiger partial charge < -0.3 is 24.2 Å². The van der Waals surface area contributed by atoms with E-state index < -0.39 is 5.97 Å². The van der Waals surface area contributed by atoms with Gasteiger partial charge in [0, 0.05) is 35.5 Å². The van der Waals surface area contributed by atoms with Crippen LogP contribution in [0, 0.1) is 0 Å². The number of nitrogens with zero attached hydrogens (tertiary/aromatic N) is 1. The van der Waals surface area contributed by atoms with Crippen molar-refractivity contribution in [1.29, 1.82) is 0 Å². The van der Waals surface area contributed by atoms with Crippen LogP contribution in [0.25, 0.3) is 17.2 Å². The maximum Gasteiger partial charge on any atom is 0.331 e. The summed E-state index contributed by atoms with van der Waals surface area (Å²) in [6.45, 7) is 3.66. The van der Waals surface area contributed by atoms with E-state index in [1.807, 2.05) is 55.5 Å². The van der Waals surface area contributed by atoms with Crippen molar-refractivity contribution < 1.29 is 24.1 Å². The number of carbonyl (C=O) groups is 1. The smallest absolute Gasteiger partial charge is 0.331 e. The molecular weight excluding hydrogens is 430 g/mol. The number of carboxylic acids is 1. The first kappa shape index (κ1) is 23.2. The van der Waals surface area contributed by atoms with Crippen LogP contribution in [0.3, 0.4) is 0 Å². The predicted molar refractivity (Wildman–Crippen MR) is 134 cm³/mol. The number of hydrogen-bond acceptors (Lipinski definition) is 5. The zero-order valence-electron chi connectivity index (χ0n) is 19.7. The Morgan fingerprint density at radius 3 is 2.56 bits per heavy atom. The number of methoxy groups -OCH3 is 2. The minimum atomic E-state index is -0.896. The van der Waals surface area contributed by atoms with Crippen molar-refractivity contribution in [2.24, 2.45) is 0 Å². The van der Waals surface area contributed by atoms with E-state index in [9.17, 15) is 9.90 Å². The first-order valence-corrected chi connectivity index (χ1v) is 11.3. The molecule has 0 fully saturated rings. The van der Waals surface area contributed by atoms with Gasteiger partial charge in [0.15, 0.2) is 0 Å². The van der Waals surface area contributed by atoms with Gasteiger partial charge in [-0.3, -0.25) is 0 Å². The van der Waals surface area contributed by atoms with Gasteiger partial charge in [-0.2, -0.15) is 0 Å². The summed E-state index contributed by atoms with van der Waals surface area (Å²) < 4.78 is 16.8. The highest BCUT2D eigenvalue weighted by Gasteiger charge is 2.21. The molecule has 1 aliphatic rings. The lowest BCUT2D eigenvalue weighted by Crippen LogP contribution is -2.24. The van der Waals surface area contributed by atoms with Crippen molar-refractivity contribution in [1.82, 2.24) is 0 Å². The van der Waals surface area contributed by atoms with Gasteiger partial charge in [-0.1, -0.05) is 24.3 Å². The number of ether oxygens (including phenoxy) is 3. The molecule has 6 heteroatoms. The average Bonchev–Trinajstić information content (AvgIpc) is 3.04. The van der Waals surface area contributed by atoms with Gasteiger partial charge in [0.2, 0.25) is 0 Å². The zero-order valence-corrected chi connectivity index (χ0v) is 19.7. The molecule has 3 aromatic carbocycles. The van der Waals surface area contributed by atoms with Crippen LogP contribution < -0.4 is 19.1 Å². The van der Waals surface area contributed by atoms with Gasteiger partial charge in [0.05, 0.1) is 20.8 Å². The zero-order chi connectivity index (χ0) is 24.1. The normalized spacial score (nSPS) is 12.9. The number of hydrogen-bond donors (Lipinski definition) is 1. The van der Waals surface area contributed by atoms with E-state index in [-0.39, 0.29) is 0 Å². The van der Waals surface area contributed by atoms with Crippen LogP contribution in [-0.4, -0.2) is 38.4 Å². The third kappa shape index (κ3) is 4.86. The van der Waals surface area contributed by atoms with Crippen molar-refractivity contribution in [2.75, 3.05) is 32.3 Å². The Hall–Kier alpha value is -3.93. The Balaban J connectivity index is 1.77. The number of anilines is 1. The second-order valence-electron chi connectivity index (χ2n) is 8.03. The van der Waals surface area contributed by atoms with Crippen LogP contribution >= 0.6 is 0 Å². The van der Waals surface area contributed by atoms with Crippen molar-refractivity contribution >= 4 is 17.7 Å². The summed E-state index contributed by atoms with van der Waals surface area (Å²) in [5.41, 5.74) is 5.14. The molecule has 0 spiro atoms. The maximum atomic E-state index is 11.9. The standard InChI is InChI=1S/C28H29NO5/c1-4-34-27-8-6-5-7-24(27)19-9-11-25-21(15-19)16-20(28(30)31)13-14-29(25)18-22-17-23(32-2)10-12-26(22)33-3/h5-12,15-17H,4,13-14,18H2,1-3H3,(H,30,31). The summed E-state index contributed by atoms with van der Waals surface area (Å²) in [6, 6.07) is 19.8. The predicted octanol–water partition coefficient (Wildman–Crippen LogP) is 5.65. The Labute approximate surface area is 200 Å². The Kier molecular flexibility index (Phi) is 7.07. The summed E-state index contributed by atoms with van der Waals surface area (Å²) in [7, 11) is 3.28. The second-order valence-corrected chi connectivity index (χ2v) is 8.03. The Morgan fingerprint density at radius 2 is 1.82 bits per heavy atom. The number of rotatable bonds is 8. The lowest BCUT2D eigenvalue weighted by molar-refractivity contribution is -0.132. The van der Waals surface area contributed by atoms with E-state index in [0.717, 1.165) is 45.2 Å². The first-order valence-electron chi connectivity index (χ1n) is 11.3. The molecule has 4 rings (SSSR count). The monoisotopic (exact) mass is 459 g/mol. The molecule has 0 radical (unpaired) electrons. The molecule has 0 atom stereocenters. The van der Waals surface area contributed by atoms with Crippen molar-refractivity contribution in [3.05, 3.63) is 77.4 Å². The quantitative estimate of drug-likeness (QED) is 0.470. The minimum Gasteiger partial charge on any atom is -0.497 e. The average molecular weight is 460 g/mol. The van der Waals surface area contributed by atoms with Gasteiger partial charge in [-0.25, -0.2) is 4.79 Å². The molecule has 6 nitrogen and oxygen atoms in total. The summed E-state index contributed by atoms with van der Waals surface area (Å²) in [6.07, 6.45) is 2.22. The third-order valence-electron chi connectivity index (χ3n) is 5.97. The van der Waals surface area contributed by atoms with Crippen molar-refractivity contribution in [3.63, 3.8) is 0 Å². The highest BCUT2D eigenvalue weighted by atomic mass is 16.5. The highest BCUT2D eigenvalue weighted by Crippen LogP contribution is 2.37. The Morgan fingerprint density at radius 1 is 1.00 bits per heavy atom. The SMILES string of the molecule is CCOc1ccccc1-c1ccc2c(c1)C=C(C(=O)O)CCN2Cc1cc(OC)ccc1OC. The molecule has 176 valence electrons. The molecule has 3 aromatic rings. The molecule has 0 amide bonds. The number of carboxylic acid groups (broad SMARTS) is 1. The van der Waals surface area contributed by atoms with Crippen LogP contribution in [-0.2, 0) is 11.3 Å². The molecular formula is C28H29NO5. The fourth-order valence-electron chi connectivity index (χ4n) is 4.29. The second kappa shape index (κ2) is 10.3. The lowest BCUT2D eigenvalue weighted by Gasteiger charge is -2.26. The molecule has 0 aliphatic carbocycles. The van der Waals surface area contributed by atoms with Gasteiger partial charge in [0.1, 0.15) is 17.2 Å². The van der Waals surface area contributed by atoms with Crippen LogP contribution in [0.5, 0.6) is 17.2 Å². The summed E-state index contributed by atoms with van der Waals surface area (Å²) >= 11 is 0. The van der Waals surface area contributed by atoms with Gasteiger partial charge in [-0.05, 0) is 66.9 Å². The topological polar surface area (TPSA) is 68.2 Å². The summed E-state index contributed by atoms with van der Waals surface area (Å²) in [5, 5.41) is 9.77. The number of para-hydroxylation sites is 1. The van der Waals surface area contributed by atoms with Gasteiger partial charge in [0.25, 0.3) is 0 Å². The first-order chi connectivity index (χ1) is 16.5. The van der Waals surface area contributed by atoms with Crippen LogP contribution in [0.15, 0.2) is 66.2 Å². The van der Waals surface area contributed by atoms with Crippen molar-refractivity contribution in [2.45, 2.75) is 19.9 Å². The molecule has 34 heavy (non-hydrogen) atoms. The highest BCUT2D eigenvalue weighted by molar-refractivity contribution is 5.94. The van der Waals surface area contributed by atoms with Crippen LogP contribution in [0.2, 0.25) is 0 Å². The van der Waals surface area contributed by atoms with E-state index in [0.29, 0.717) is 31.7 Å². The van der Waals surface area contributed by atoms with Gasteiger partial charge in [-0.15, -0.1) is 0 Å². The third-order valence-corrected chi connectivity index (χ3v) is 5.97. The fourth-order valence-corrected chi connectivity index (χ4v) is 4.29. The van der Waals surface area contributed by atoms with E-state index in [1.54, 1.807) is 20.3 Å². The van der Waals surface area contributed by atoms with Crippen LogP contribution in [0.4, 0.5) is 5.69 Å². The minimum absolute atomic E-state index is 0.386. The van der Waals surface area contributed by atoms with E-state index in [4.69, 9.17) is 14.2 Å². The van der Waals surface area contributed by atoms with Crippen LogP contribution in [0.1, 0.15) is 24.5 Å². The molecule has 0 aromatic heterocycles. The van der Waals surface area contributed by atoms with E-state index in [1.165, 1.54) is 0 Å². The number of fused-ring (bicyclic) bond motifs is 1. The van der Waals surface area contributed by atoms with Gasteiger partial charge >= 0.3 is 5.97 Å². The number of aliphatic carboxylic acids is 1. The molecule has 1 aliphatic heterocycles. The maximum absolute atomic E-state index is 11.9. The molecule has 1 heterocycles. The summed E-state index contributed by atoms with van der Waals surface area (Å²) in [5.74, 6) is 1.42.